The predicted molar refractivity (Wildman–Crippen MR) is 115 cm³/mol. The summed E-state index contributed by atoms with van der Waals surface area (Å²) < 4.78 is 73.9. The minimum Gasteiger partial charge on any atom is -0.381 e. The summed E-state index contributed by atoms with van der Waals surface area (Å²) in [5, 5.41) is 10.6. The third kappa shape index (κ3) is 4.52. The van der Waals surface area contributed by atoms with Gasteiger partial charge in [0.05, 0.1) is 39.5 Å². The number of nitrogens with one attached hydrogen (secondary N) is 1. The quantitative estimate of drug-likeness (QED) is 0.660. The number of pyridine rings is 1. The average molecular weight is 494 g/mol. The Bertz CT molecular complexity index is 1240. The van der Waals surface area contributed by atoms with Crippen LogP contribution >= 0.6 is 0 Å². The standard InChI is InChI=1S/C23H22F3N3O4S/c1-33-19-12-15(11-16(19)21(30)29-22(13-27)7-8-22)34(31,32)20-6-5-14(10-17(20)23(24,25)26)18-4-2-3-9-28-18/h2-6,9-10,15-16,19H,7-8,11-12H2,1H3,(H,29,30)/t15?,16-,19-/m1/s1. The fourth-order valence-corrected chi connectivity index (χ4v) is 6.34. The van der Waals surface area contributed by atoms with Crippen molar-refractivity contribution in [3.05, 3.63) is 48.2 Å². The molecule has 0 spiro atoms. The highest BCUT2D eigenvalue weighted by atomic mass is 32.2. The molecule has 0 saturated heterocycles. The van der Waals surface area contributed by atoms with Gasteiger partial charge in [-0.05, 0) is 49.9 Å². The zero-order valence-electron chi connectivity index (χ0n) is 18.2. The lowest BCUT2D eigenvalue weighted by molar-refractivity contribution is -0.139. The van der Waals surface area contributed by atoms with Crippen LogP contribution in [0.2, 0.25) is 0 Å². The molecule has 11 heteroatoms. The SMILES string of the molecule is CO[C@@H]1CC(S(=O)(=O)c2ccc(-c3ccccn3)cc2C(F)(F)F)C[C@H]1C(=O)NC1(C#N)CC1. The van der Waals surface area contributed by atoms with Crippen LogP contribution in [0.5, 0.6) is 0 Å². The molecule has 2 fully saturated rings. The summed E-state index contributed by atoms with van der Waals surface area (Å²) in [5.74, 6) is -1.41. The summed E-state index contributed by atoms with van der Waals surface area (Å²) in [7, 11) is -3.14. The number of sulfone groups is 1. The van der Waals surface area contributed by atoms with Crippen molar-refractivity contribution in [3.8, 4) is 17.3 Å². The van der Waals surface area contributed by atoms with Crippen molar-refractivity contribution < 1.29 is 31.1 Å². The first kappa shape index (κ1) is 24.2. The number of benzene rings is 1. The van der Waals surface area contributed by atoms with E-state index in [0.717, 1.165) is 12.1 Å². The Morgan fingerprint density at radius 3 is 2.53 bits per heavy atom. The largest absolute Gasteiger partial charge is 0.417 e. The normalized spacial score (nSPS) is 23.8. The number of nitrogens with zero attached hydrogens (tertiary/aromatic N) is 2. The van der Waals surface area contributed by atoms with Crippen LogP contribution in [-0.4, -0.2) is 43.3 Å². The molecule has 1 N–H and O–H groups in total. The van der Waals surface area contributed by atoms with Crippen LogP contribution in [0.15, 0.2) is 47.5 Å². The smallest absolute Gasteiger partial charge is 0.381 e. The number of ether oxygens (including phenoxy) is 1. The van der Waals surface area contributed by atoms with Gasteiger partial charge in [0.15, 0.2) is 9.84 Å². The van der Waals surface area contributed by atoms with E-state index in [1.54, 1.807) is 12.1 Å². The average Bonchev–Trinajstić information content (AvgIpc) is 3.44. The van der Waals surface area contributed by atoms with Gasteiger partial charge in [-0.25, -0.2) is 8.42 Å². The fourth-order valence-electron chi connectivity index (χ4n) is 4.33. The van der Waals surface area contributed by atoms with Gasteiger partial charge in [-0.15, -0.1) is 0 Å². The molecule has 3 atom stereocenters. The maximum atomic E-state index is 13.9. The van der Waals surface area contributed by atoms with E-state index < -0.39 is 55.2 Å². The van der Waals surface area contributed by atoms with Gasteiger partial charge in [0.1, 0.15) is 5.54 Å². The van der Waals surface area contributed by atoms with Crippen LogP contribution < -0.4 is 5.32 Å². The van der Waals surface area contributed by atoms with Crippen molar-refractivity contribution in [1.82, 2.24) is 10.3 Å². The Morgan fingerprint density at radius 1 is 1.24 bits per heavy atom. The Balaban J connectivity index is 1.66. The molecule has 2 saturated carbocycles. The number of hydrogen-bond donors (Lipinski definition) is 1. The Kier molecular flexibility index (Phi) is 6.16. The van der Waals surface area contributed by atoms with Gasteiger partial charge in [0, 0.05) is 18.9 Å². The minimum absolute atomic E-state index is 0.129. The molecule has 1 aromatic carbocycles. The molecule has 180 valence electrons. The number of carbonyl (C=O) groups is 1. The number of nitriles is 1. The molecule has 1 aromatic heterocycles. The maximum Gasteiger partial charge on any atom is 0.417 e. The molecular weight excluding hydrogens is 471 g/mol. The Morgan fingerprint density at radius 2 is 1.97 bits per heavy atom. The van der Waals surface area contributed by atoms with E-state index in [1.807, 2.05) is 6.07 Å². The number of alkyl halides is 3. The highest BCUT2D eigenvalue weighted by molar-refractivity contribution is 7.92. The summed E-state index contributed by atoms with van der Waals surface area (Å²) >= 11 is 0. The van der Waals surface area contributed by atoms with E-state index in [4.69, 9.17) is 4.74 Å². The lowest BCUT2D eigenvalue weighted by Crippen LogP contribution is -2.42. The predicted octanol–water partition coefficient (Wildman–Crippen LogP) is 3.51. The topological polar surface area (TPSA) is 109 Å². The maximum absolute atomic E-state index is 13.9. The fraction of sp³-hybridized carbons (Fsp3) is 0.435. The van der Waals surface area contributed by atoms with E-state index in [2.05, 4.69) is 10.3 Å². The molecule has 0 bridgehead atoms. The van der Waals surface area contributed by atoms with Gasteiger partial charge >= 0.3 is 6.18 Å². The molecule has 1 amide bonds. The summed E-state index contributed by atoms with van der Waals surface area (Å²) in [6.45, 7) is 0. The molecule has 1 heterocycles. The number of amides is 1. The monoisotopic (exact) mass is 493 g/mol. The third-order valence-electron chi connectivity index (χ3n) is 6.42. The van der Waals surface area contributed by atoms with E-state index >= 15 is 0 Å². The van der Waals surface area contributed by atoms with E-state index in [9.17, 15) is 31.6 Å². The second-order valence-electron chi connectivity index (χ2n) is 8.63. The van der Waals surface area contributed by atoms with Gasteiger partial charge in [0.2, 0.25) is 5.91 Å². The summed E-state index contributed by atoms with van der Waals surface area (Å²) in [5.41, 5.74) is -1.81. The molecule has 2 aromatic rings. The van der Waals surface area contributed by atoms with Crippen LogP contribution in [-0.2, 0) is 25.5 Å². The first-order valence-corrected chi connectivity index (χ1v) is 12.2. The highest BCUT2D eigenvalue weighted by Crippen LogP contribution is 2.42. The van der Waals surface area contributed by atoms with Gasteiger partial charge in [-0.2, -0.15) is 18.4 Å². The van der Waals surface area contributed by atoms with E-state index in [-0.39, 0.29) is 24.1 Å². The van der Waals surface area contributed by atoms with Crippen LogP contribution in [0.4, 0.5) is 13.2 Å². The summed E-state index contributed by atoms with van der Waals surface area (Å²) in [6.07, 6.45) is -3.62. The molecule has 7 nitrogen and oxygen atoms in total. The number of aromatic nitrogens is 1. The van der Waals surface area contributed by atoms with Crippen LogP contribution in [0.3, 0.4) is 0 Å². The molecule has 2 aliphatic carbocycles. The van der Waals surface area contributed by atoms with Crippen LogP contribution in [0.25, 0.3) is 11.3 Å². The highest BCUT2D eigenvalue weighted by Gasteiger charge is 2.51. The van der Waals surface area contributed by atoms with Crippen molar-refractivity contribution in [2.45, 2.75) is 53.6 Å². The van der Waals surface area contributed by atoms with Gasteiger partial charge < -0.3 is 10.1 Å². The van der Waals surface area contributed by atoms with Crippen LogP contribution in [0.1, 0.15) is 31.2 Å². The van der Waals surface area contributed by atoms with Gasteiger partial charge in [-0.3, -0.25) is 9.78 Å². The summed E-state index contributed by atoms with van der Waals surface area (Å²) in [4.78, 5) is 15.9. The molecule has 0 radical (unpaired) electrons. The number of carbonyl (C=O) groups excluding carboxylic acids is 1. The molecule has 1 unspecified atom stereocenters. The zero-order chi connectivity index (χ0) is 24.7. The minimum atomic E-state index is -4.92. The first-order valence-electron chi connectivity index (χ1n) is 10.6. The number of hydrogen-bond acceptors (Lipinski definition) is 6. The molecule has 34 heavy (non-hydrogen) atoms. The number of methoxy groups -OCH3 is 1. The molecular formula is C23H22F3N3O4S. The van der Waals surface area contributed by atoms with Crippen molar-refractivity contribution >= 4 is 15.7 Å². The lowest BCUT2D eigenvalue weighted by Gasteiger charge is -2.19. The van der Waals surface area contributed by atoms with Gasteiger partial charge in [0.25, 0.3) is 0 Å². The second kappa shape index (κ2) is 8.67. The Labute approximate surface area is 194 Å². The van der Waals surface area contributed by atoms with Crippen molar-refractivity contribution in [2.75, 3.05) is 7.11 Å². The lowest BCUT2D eigenvalue weighted by atomic mass is 10.0. The van der Waals surface area contributed by atoms with Crippen molar-refractivity contribution in [2.24, 2.45) is 5.92 Å². The molecule has 2 aliphatic rings. The number of halogens is 3. The molecule has 4 rings (SSSR count). The second-order valence-corrected chi connectivity index (χ2v) is 10.8. The van der Waals surface area contributed by atoms with E-state index in [0.29, 0.717) is 12.8 Å². The third-order valence-corrected chi connectivity index (χ3v) is 8.65. The van der Waals surface area contributed by atoms with Gasteiger partial charge in [-0.1, -0.05) is 12.1 Å². The van der Waals surface area contributed by atoms with E-state index in [1.165, 1.54) is 25.4 Å². The van der Waals surface area contributed by atoms with Crippen molar-refractivity contribution in [3.63, 3.8) is 0 Å². The first-order chi connectivity index (χ1) is 16.0. The van der Waals surface area contributed by atoms with Crippen LogP contribution in [0, 0.1) is 17.2 Å². The van der Waals surface area contributed by atoms with Crippen molar-refractivity contribution in [1.29, 1.82) is 5.26 Å². The number of rotatable bonds is 6. The Hall–Kier alpha value is -2.97. The summed E-state index contributed by atoms with van der Waals surface area (Å²) in [6, 6.07) is 9.82. The molecule has 0 aliphatic heterocycles. The zero-order valence-corrected chi connectivity index (χ0v) is 19.0.